The van der Waals surface area contributed by atoms with Crippen LogP contribution in [-0.2, 0) is 9.53 Å². The molecule has 0 N–H and O–H groups in total. The maximum Gasteiger partial charge on any atom is 0.145 e. The molecule has 90 valence electrons. The van der Waals surface area contributed by atoms with Crippen molar-refractivity contribution in [3.8, 4) is 0 Å². The van der Waals surface area contributed by atoms with Crippen LogP contribution in [0.2, 0.25) is 0 Å². The molecule has 0 aliphatic rings. The summed E-state index contributed by atoms with van der Waals surface area (Å²) >= 11 is 11.2. The molecule has 4 heteroatoms. The highest BCUT2D eigenvalue weighted by Crippen LogP contribution is 2.12. The number of ether oxygens (including phenoxy) is 1. The Morgan fingerprint density at radius 1 is 1.56 bits per heavy atom. The van der Waals surface area contributed by atoms with E-state index in [4.69, 9.17) is 27.9 Å². The van der Waals surface area contributed by atoms with E-state index >= 15 is 0 Å². The van der Waals surface area contributed by atoms with Gasteiger partial charge in [0, 0.05) is 17.0 Å². The molecule has 0 amide bonds. The Balaban J connectivity index is 3.93. The van der Waals surface area contributed by atoms with Gasteiger partial charge in [-0.25, -0.2) is 0 Å². The molecular formula is C12H16Cl2O2. The van der Waals surface area contributed by atoms with E-state index < -0.39 is 0 Å². The minimum atomic E-state index is -0.160. The van der Waals surface area contributed by atoms with Gasteiger partial charge in [-0.2, -0.15) is 0 Å². The van der Waals surface area contributed by atoms with E-state index in [9.17, 15) is 4.79 Å². The quantitative estimate of drug-likeness (QED) is 0.378. The van der Waals surface area contributed by atoms with E-state index in [0.717, 1.165) is 6.29 Å². The highest BCUT2D eigenvalue weighted by atomic mass is 35.5. The fourth-order valence-electron chi connectivity index (χ4n) is 1.04. The van der Waals surface area contributed by atoms with Gasteiger partial charge < -0.3 is 4.74 Å². The number of carbonyl (C=O) groups excluding carboxylic acids is 1. The lowest BCUT2D eigenvalue weighted by Crippen LogP contribution is -2.10. The Morgan fingerprint density at radius 2 is 2.25 bits per heavy atom. The van der Waals surface area contributed by atoms with Gasteiger partial charge in [-0.3, -0.25) is 4.79 Å². The maximum atomic E-state index is 10.3. The molecule has 0 rings (SSSR count). The van der Waals surface area contributed by atoms with Gasteiger partial charge in [-0.05, 0) is 25.0 Å². The van der Waals surface area contributed by atoms with Gasteiger partial charge in [0.25, 0.3) is 0 Å². The molecule has 1 atom stereocenters. The van der Waals surface area contributed by atoms with Crippen LogP contribution in [0.1, 0.15) is 19.8 Å². The molecule has 2 nitrogen and oxygen atoms in total. The van der Waals surface area contributed by atoms with Crippen LogP contribution in [0.15, 0.2) is 34.9 Å². The van der Waals surface area contributed by atoms with Crippen LogP contribution in [-0.4, -0.2) is 19.0 Å². The van der Waals surface area contributed by atoms with Crippen molar-refractivity contribution in [3.05, 3.63) is 34.9 Å². The zero-order valence-electron chi connectivity index (χ0n) is 9.29. The first-order valence-corrected chi connectivity index (χ1v) is 5.75. The number of allylic oxidation sites excluding steroid dienone is 1. The topological polar surface area (TPSA) is 26.3 Å². The lowest BCUT2D eigenvalue weighted by molar-refractivity contribution is -0.104. The van der Waals surface area contributed by atoms with Gasteiger partial charge in [0.15, 0.2) is 0 Å². The van der Waals surface area contributed by atoms with Crippen LogP contribution in [0.5, 0.6) is 0 Å². The predicted molar refractivity (Wildman–Crippen MR) is 68.8 cm³/mol. The molecule has 0 aliphatic heterocycles. The first-order valence-electron chi connectivity index (χ1n) is 4.93. The number of hydrogen-bond acceptors (Lipinski definition) is 2. The SMILES string of the molecule is C=C(Cl)CC(/C=C/Cl)OCC/C=C(\C)C=O. The molecular weight excluding hydrogens is 247 g/mol. The smallest absolute Gasteiger partial charge is 0.145 e. The van der Waals surface area contributed by atoms with Gasteiger partial charge >= 0.3 is 0 Å². The highest BCUT2D eigenvalue weighted by Gasteiger charge is 2.05. The molecule has 0 bridgehead atoms. The van der Waals surface area contributed by atoms with Crippen LogP contribution in [0.3, 0.4) is 0 Å². The Labute approximate surface area is 107 Å². The van der Waals surface area contributed by atoms with Gasteiger partial charge in [-0.15, -0.1) is 0 Å². The molecule has 0 aromatic heterocycles. The second kappa shape index (κ2) is 9.64. The zero-order valence-corrected chi connectivity index (χ0v) is 10.8. The molecule has 0 aliphatic carbocycles. The van der Waals surface area contributed by atoms with Crippen LogP contribution in [0.25, 0.3) is 0 Å². The summed E-state index contributed by atoms with van der Waals surface area (Å²) < 4.78 is 5.51. The van der Waals surface area contributed by atoms with E-state index in [2.05, 4.69) is 6.58 Å². The summed E-state index contributed by atoms with van der Waals surface area (Å²) in [5, 5.41) is 0.527. The van der Waals surface area contributed by atoms with Crippen molar-refractivity contribution in [1.82, 2.24) is 0 Å². The van der Waals surface area contributed by atoms with Gasteiger partial charge in [-0.1, -0.05) is 35.9 Å². The number of halogens is 2. The Kier molecular flexibility index (Phi) is 9.30. The third-order valence-electron chi connectivity index (χ3n) is 1.81. The molecule has 0 saturated carbocycles. The molecule has 0 aromatic rings. The van der Waals surface area contributed by atoms with Crippen LogP contribution in [0, 0.1) is 0 Å². The summed E-state index contributed by atoms with van der Waals surface area (Å²) in [6.45, 7) is 5.87. The summed E-state index contributed by atoms with van der Waals surface area (Å²) in [4.78, 5) is 10.3. The Bertz CT molecular complexity index is 283. The summed E-state index contributed by atoms with van der Waals surface area (Å²) in [6, 6.07) is 0. The molecule has 0 spiro atoms. The summed E-state index contributed by atoms with van der Waals surface area (Å²) in [7, 11) is 0. The second-order valence-corrected chi connectivity index (χ2v) is 4.09. The number of rotatable bonds is 8. The second-order valence-electron chi connectivity index (χ2n) is 3.30. The normalized spacial score (nSPS) is 14.1. The summed E-state index contributed by atoms with van der Waals surface area (Å²) in [5.74, 6) is 0. The van der Waals surface area contributed by atoms with Crippen molar-refractivity contribution in [2.24, 2.45) is 0 Å². The first kappa shape index (κ1) is 15.4. The summed E-state index contributed by atoms with van der Waals surface area (Å²) in [6.07, 6.45) is 5.41. The highest BCUT2D eigenvalue weighted by molar-refractivity contribution is 6.29. The minimum Gasteiger partial charge on any atom is -0.373 e. The number of hydrogen-bond donors (Lipinski definition) is 0. The third-order valence-corrected chi connectivity index (χ3v) is 2.11. The minimum absolute atomic E-state index is 0.160. The molecule has 0 heterocycles. The maximum absolute atomic E-state index is 10.3. The van der Waals surface area contributed by atoms with E-state index in [1.54, 1.807) is 13.0 Å². The lowest BCUT2D eigenvalue weighted by Gasteiger charge is -2.12. The Morgan fingerprint density at radius 3 is 2.75 bits per heavy atom. The molecule has 1 unspecified atom stereocenters. The molecule has 0 radical (unpaired) electrons. The lowest BCUT2D eigenvalue weighted by atomic mass is 10.2. The number of aldehydes is 1. The van der Waals surface area contributed by atoms with Crippen molar-refractivity contribution in [2.75, 3.05) is 6.61 Å². The van der Waals surface area contributed by atoms with Crippen LogP contribution in [0.4, 0.5) is 0 Å². The molecule has 16 heavy (non-hydrogen) atoms. The van der Waals surface area contributed by atoms with E-state index in [1.807, 2.05) is 6.08 Å². The monoisotopic (exact) mass is 262 g/mol. The average Bonchev–Trinajstić information content (AvgIpc) is 2.23. The van der Waals surface area contributed by atoms with E-state index in [0.29, 0.717) is 30.1 Å². The van der Waals surface area contributed by atoms with Gasteiger partial charge in [0.05, 0.1) is 12.7 Å². The van der Waals surface area contributed by atoms with Crippen LogP contribution >= 0.6 is 23.2 Å². The molecule has 0 saturated heterocycles. The zero-order chi connectivity index (χ0) is 12.4. The van der Waals surface area contributed by atoms with Crippen molar-refractivity contribution < 1.29 is 9.53 Å². The fraction of sp³-hybridized carbons (Fsp3) is 0.417. The van der Waals surface area contributed by atoms with Crippen molar-refractivity contribution in [1.29, 1.82) is 0 Å². The Hall–Kier alpha value is -0.570. The van der Waals surface area contributed by atoms with Gasteiger partial charge in [0.1, 0.15) is 6.29 Å². The van der Waals surface area contributed by atoms with Crippen molar-refractivity contribution >= 4 is 29.5 Å². The van der Waals surface area contributed by atoms with Crippen LogP contribution < -0.4 is 0 Å². The van der Waals surface area contributed by atoms with Crippen molar-refractivity contribution in [2.45, 2.75) is 25.9 Å². The number of carbonyl (C=O) groups is 1. The average molecular weight is 263 g/mol. The summed E-state index contributed by atoms with van der Waals surface area (Å²) in [5.41, 5.74) is 2.10. The third kappa shape index (κ3) is 8.72. The molecule has 0 aromatic carbocycles. The predicted octanol–water partition coefficient (Wildman–Crippen LogP) is 3.80. The molecule has 0 fully saturated rings. The fourth-order valence-corrected chi connectivity index (χ4v) is 1.35. The van der Waals surface area contributed by atoms with Crippen molar-refractivity contribution in [3.63, 3.8) is 0 Å². The van der Waals surface area contributed by atoms with E-state index in [1.165, 1.54) is 5.54 Å². The van der Waals surface area contributed by atoms with Gasteiger partial charge in [0.2, 0.25) is 0 Å². The van der Waals surface area contributed by atoms with E-state index in [-0.39, 0.29) is 6.10 Å². The first-order chi connectivity index (χ1) is 7.60. The largest absolute Gasteiger partial charge is 0.373 e. The standard InChI is InChI=1S/C12H16Cl2O2/c1-10(9-15)4-3-7-16-12(5-6-13)8-11(2)14/h4-6,9,12H,2-3,7-8H2,1H3/b6-5+,10-4+.